The van der Waals surface area contributed by atoms with Crippen molar-refractivity contribution >= 4 is 11.6 Å². The SMILES string of the molecule is CCCC(OCC)c1nc(Cl)c(C)c(-c2ccccc2)n1. The van der Waals surface area contributed by atoms with Gasteiger partial charge in [0, 0.05) is 17.7 Å². The van der Waals surface area contributed by atoms with Gasteiger partial charge in [-0.2, -0.15) is 0 Å². The van der Waals surface area contributed by atoms with Crippen molar-refractivity contribution < 1.29 is 4.74 Å². The molecule has 1 aromatic carbocycles. The van der Waals surface area contributed by atoms with Crippen LogP contribution in [0, 0.1) is 6.92 Å². The molecule has 0 bridgehead atoms. The van der Waals surface area contributed by atoms with Crippen molar-refractivity contribution in [2.75, 3.05) is 6.61 Å². The second-order valence-corrected chi connectivity index (χ2v) is 5.30. The monoisotopic (exact) mass is 304 g/mol. The second-order valence-electron chi connectivity index (χ2n) is 4.94. The first-order chi connectivity index (χ1) is 10.2. The molecule has 1 atom stereocenters. The van der Waals surface area contributed by atoms with Crippen LogP contribution in [0.15, 0.2) is 30.3 Å². The highest BCUT2D eigenvalue weighted by molar-refractivity contribution is 6.30. The van der Waals surface area contributed by atoms with Crippen LogP contribution in [0.3, 0.4) is 0 Å². The van der Waals surface area contributed by atoms with E-state index in [1.54, 1.807) is 0 Å². The van der Waals surface area contributed by atoms with Crippen LogP contribution >= 0.6 is 11.6 Å². The fourth-order valence-corrected chi connectivity index (χ4v) is 2.45. The molecule has 4 heteroatoms. The highest BCUT2D eigenvalue weighted by atomic mass is 35.5. The van der Waals surface area contributed by atoms with Crippen molar-refractivity contribution in [2.24, 2.45) is 0 Å². The molecule has 1 heterocycles. The molecule has 0 aliphatic rings. The third-order valence-corrected chi connectivity index (χ3v) is 3.73. The van der Waals surface area contributed by atoms with E-state index in [-0.39, 0.29) is 6.10 Å². The number of benzene rings is 1. The van der Waals surface area contributed by atoms with E-state index in [4.69, 9.17) is 21.3 Å². The molecule has 21 heavy (non-hydrogen) atoms. The van der Waals surface area contributed by atoms with E-state index in [0.717, 1.165) is 29.7 Å². The van der Waals surface area contributed by atoms with Crippen molar-refractivity contribution in [2.45, 2.75) is 39.7 Å². The molecule has 0 amide bonds. The van der Waals surface area contributed by atoms with Crippen molar-refractivity contribution in [1.29, 1.82) is 0 Å². The average molecular weight is 305 g/mol. The summed E-state index contributed by atoms with van der Waals surface area (Å²) in [5.74, 6) is 0.674. The molecule has 0 saturated carbocycles. The minimum Gasteiger partial charge on any atom is -0.371 e. The Morgan fingerprint density at radius 3 is 2.48 bits per heavy atom. The van der Waals surface area contributed by atoms with Gasteiger partial charge in [-0.1, -0.05) is 55.3 Å². The smallest absolute Gasteiger partial charge is 0.159 e. The van der Waals surface area contributed by atoms with Crippen LogP contribution in [0.5, 0.6) is 0 Å². The van der Waals surface area contributed by atoms with Gasteiger partial charge in [0.2, 0.25) is 0 Å². The quantitative estimate of drug-likeness (QED) is 0.706. The molecule has 0 fully saturated rings. The molecule has 0 radical (unpaired) electrons. The summed E-state index contributed by atoms with van der Waals surface area (Å²) < 4.78 is 5.77. The molecular formula is C17H21ClN2O. The van der Waals surface area contributed by atoms with Crippen LogP contribution in [0.1, 0.15) is 44.2 Å². The summed E-state index contributed by atoms with van der Waals surface area (Å²) >= 11 is 6.31. The summed E-state index contributed by atoms with van der Waals surface area (Å²) in [6.07, 6.45) is 1.81. The van der Waals surface area contributed by atoms with Crippen LogP contribution in [0.2, 0.25) is 5.15 Å². The Kier molecular flexibility index (Phi) is 5.71. The molecule has 2 aromatic rings. The fraction of sp³-hybridized carbons (Fsp3) is 0.412. The molecule has 112 valence electrons. The summed E-state index contributed by atoms with van der Waals surface area (Å²) in [5, 5.41) is 0.500. The number of hydrogen-bond acceptors (Lipinski definition) is 3. The number of ether oxygens (including phenoxy) is 1. The number of halogens is 1. The lowest BCUT2D eigenvalue weighted by molar-refractivity contribution is 0.0494. The second kappa shape index (κ2) is 7.53. The third-order valence-electron chi connectivity index (χ3n) is 3.36. The van der Waals surface area contributed by atoms with Crippen LogP contribution < -0.4 is 0 Å². The first kappa shape index (κ1) is 15.9. The normalized spacial score (nSPS) is 12.4. The molecule has 0 saturated heterocycles. The number of rotatable bonds is 6. The van der Waals surface area contributed by atoms with Crippen molar-refractivity contribution in [3.63, 3.8) is 0 Å². The summed E-state index contributed by atoms with van der Waals surface area (Å²) in [7, 11) is 0. The Morgan fingerprint density at radius 2 is 1.86 bits per heavy atom. The largest absolute Gasteiger partial charge is 0.371 e. The maximum Gasteiger partial charge on any atom is 0.159 e. The lowest BCUT2D eigenvalue weighted by Crippen LogP contribution is -2.10. The van der Waals surface area contributed by atoms with Gasteiger partial charge >= 0.3 is 0 Å². The van der Waals surface area contributed by atoms with Crippen molar-refractivity contribution in [3.8, 4) is 11.3 Å². The van der Waals surface area contributed by atoms with Crippen LogP contribution in [0.4, 0.5) is 0 Å². The molecule has 3 nitrogen and oxygen atoms in total. The van der Waals surface area contributed by atoms with E-state index >= 15 is 0 Å². The first-order valence-corrected chi connectivity index (χ1v) is 7.76. The maximum absolute atomic E-state index is 6.31. The third kappa shape index (κ3) is 3.80. The van der Waals surface area contributed by atoms with Gasteiger partial charge in [-0.3, -0.25) is 0 Å². The minimum atomic E-state index is -0.0967. The van der Waals surface area contributed by atoms with Crippen molar-refractivity contribution in [1.82, 2.24) is 9.97 Å². The van der Waals surface area contributed by atoms with E-state index < -0.39 is 0 Å². The maximum atomic E-state index is 6.31. The Labute approximate surface area is 131 Å². The zero-order valence-electron chi connectivity index (χ0n) is 12.8. The summed E-state index contributed by atoms with van der Waals surface area (Å²) in [6.45, 7) is 6.70. The van der Waals surface area contributed by atoms with E-state index in [2.05, 4.69) is 11.9 Å². The lowest BCUT2D eigenvalue weighted by Gasteiger charge is -2.17. The molecule has 1 unspecified atom stereocenters. The topological polar surface area (TPSA) is 35.0 Å². The van der Waals surface area contributed by atoms with Crippen LogP contribution in [0.25, 0.3) is 11.3 Å². The molecular weight excluding hydrogens is 284 g/mol. The zero-order chi connectivity index (χ0) is 15.2. The van der Waals surface area contributed by atoms with Crippen LogP contribution in [-0.4, -0.2) is 16.6 Å². The van der Waals surface area contributed by atoms with E-state index in [0.29, 0.717) is 17.6 Å². The Morgan fingerprint density at radius 1 is 1.14 bits per heavy atom. The summed E-state index contributed by atoms with van der Waals surface area (Å²) in [4.78, 5) is 9.15. The lowest BCUT2D eigenvalue weighted by atomic mass is 10.1. The number of aromatic nitrogens is 2. The van der Waals surface area contributed by atoms with Gasteiger partial charge in [-0.15, -0.1) is 0 Å². The van der Waals surface area contributed by atoms with Gasteiger partial charge in [-0.05, 0) is 20.3 Å². The standard InChI is InChI=1S/C17H21ClN2O/c1-4-9-14(21-5-2)17-19-15(12(3)16(18)20-17)13-10-7-6-8-11-13/h6-8,10-11,14H,4-5,9H2,1-3H3. The molecule has 1 aromatic heterocycles. The molecule has 0 N–H and O–H groups in total. The number of hydrogen-bond donors (Lipinski definition) is 0. The van der Waals surface area contributed by atoms with Crippen LogP contribution in [-0.2, 0) is 4.74 Å². The van der Waals surface area contributed by atoms with Crippen molar-refractivity contribution in [3.05, 3.63) is 46.9 Å². The Bertz CT molecular complexity index is 581. The average Bonchev–Trinajstić information content (AvgIpc) is 2.50. The van der Waals surface area contributed by atoms with E-state index in [9.17, 15) is 0 Å². The predicted molar refractivity (Wildman–Crippen MR) is 86.5 cm³/mol. The summed E-state index contributed by atoms with van der Waals surface area (Å²) in [5.41, 5.74) is 2.83. The molecule has 0 spiro atoms. The van der Waals surface area contributed by atoms with Gasteiger partial charge < -0.3 is 4.74 Å². The van der Waals surface area contributed by atoms with Gasteiger partial charge in [0.1, 0.15) is 11.3 Å². The fourth-order valence-electron chi connectivity index (χ4n) is 2.28. The van der Waals surface area contributed by atoms with Gasteiger partial charge in [0.25, 0.3) is 0 Å². The Balaban J connectivity index is 2.47. The predicted octanol–water partition coefficient (Wildman–Crippen LogP) is 4.98. The molecule has 2 rings (SSSR count). The molecule has 0 aliphatic heterocycles. The van der Waals surface area contributed by atoms with E-state index in [1.165, 1.54) is 0 Å². The summed E-state index contributed by atoms with van der Waals surface area (Å²) in [6, 6.07) is 10.0. The van der Waals surface area contributed by atoms with Gasteiger partial charge in [0.05, 0.1) is 5.69 Å². The first-order valence-electron chi connectivity index (χ1n) is 7.38. The van der Waals surface area contributed by atoms with Gasteiger partial charge in [0.15, 0.2) is 5.82 Å². The Hall–Kier alpha value is -1.45. The minimum absolute atomic E-state index is 0.0967. The highest BCUT2D eigenvalue weighted by Crippen LogP contribution is 2.29. The number of nitrogens with zero attached hydrogens (tertiary/aromatic N) is 2. The highest BCUT2D eigenvalue weighted by Gasteiger charge is 2.18. The zero-order valence-corrected chi connectivity index (χ0v) is 13.5. The molecule has 0 aliphatic carbocycles. The van der Waals surface area contributed by atoms with Gasteiger partial charge in [-0.25, -0.2) is 9.97 Å². The van der Waals surface area contributed by atoms with E-state index in [1.807, 2.05) is 44.2 Å².